The van der Waals surface area contributed by atoms with E-state index in [-0.39, 0.29) is 16.1 Å². The van der Waals surface area contributed by atoms with E-state index in [0.29, 0.717) is 11.3 Å². The number of alkyl halides is 3. The quantitative estimate of drug-likeness (QED) is 0.421. The fraction of sp³-hybridized carbons (Fsp3) is 0.174. The highest BCUT2D eigenvalue weighted by molar-refractivity contribution is 7.92. The second kappa shape index (κ2) is 9.82. The van der Waals surface area contributed by atoms with E-state index >= 15 is 0 Å². The molecule has 0 fully saturated rings. The van der Waals surface area contributed by atoms with Gasteiger partial charge in [-0.05, 0) is 67.1 Å². The van der Waals surface area contributed by atoms with Gasteiger partial charge in [0.2, 0.25) is 0 Å². The summed E-state index contributed by atoms with van der Waals surface area (Å²) in [4.78, 5) is 11.3. The summed E-state index contributed by atoms with van der Waals surface area (Å²) in [7, 11) is -9.16. The first-order valence-electron chi connectivity index (χ1n) is 10.1. The number of amides is 1. The Kier molecular flexibility index (Phi) is 7.37. The number of carbonyl (C=O) groups excluding carboxylic acids is 1. The van der Waals surface area contributed by atoms with E-state index in [1.54, 1.807) is 6.92 Å². The van der Waals surface area contributed by atoms with Gasteiger partial charge in [0.05, 0.1) is 4.90 Å². The molecule has 0 radical (unpaired) electrons. The summed E-state index contributed by atoms with van der Waals surface area (Å²) in [5, 5.41) is 12.2. The molecule has 3 rings (SSSR count). The van der Waals surface area contributed by atoms with Crippen molar-refractivity contribution < 1.29 is 44.6 Å². The molecule has 0 saturated carbocycles. The Morgan fingerprint density at radius 2 is 1.53 bits per heavy atom. The molecular weight excluding hydrogens is 523 g/mol. The van der Waals surface area contributed by atoms with E-state index in [1.807, 2.05) is 0 Å². The topological polar surface area (TPSA) is 127 Å². The summed E-state index contributed by atoms with van der Waals surface area (Å²) in [5.41, 5.74) is -4.61. The highest BCUT2D eigenvalue weighted by Crippen LogP contribution is 2.31. The Bertz CT molecular complexity index is 1480. The smallest absolute Gasteiger partial charge is 0.501 e. The van der Waals surface area contributed by atoms with Crippen LogP contribution in [0.4, 0.5) is 18.9 Å². The molecule has 1 amide bonds. The van der Waals surface area contributed by atoms with Crippen molar-refractivity contribution in [1.29, 1.82) is 0 Å². The zero-order chi connectivity index (χ0) is 26.9. The SMILES string of the molecule is CC(Oc1ccc(C(=O)Nc2ccc(O)c(S(C)(=O)=O)c2)cc1)c1ccc(S(=O)(=O)C(F)(F)F)cc1. The summed E-state index contributed by atoms with van der Waals surface area (Å²) in [5.74, 6) is -0.668. The van der Waals surface area contributed by atoms with Crippen LogP contribution < -0.4 is 10.1 Å². The number of aromatic hydroxyl groups is 1. The molecule has 1 atom stereocenters. The van der Waals surface area contributed by atoms with E-state index in [9.17, 15) is 39.9 Å². The first-order chi connectivity index (χ1) is 16.6. The lowest BCUT2D eigenvalue weighted by atomic mass is 10.1. The summed E-state index contributed by atoms with van der Waals surface area (Å²) >= 11 is 0. The molecule has 36 heavy (non-hydrogen) atoms. The Balaban J connectivity index is 1.68. The van der Waals surface area contributed by atoms with Gasteiger partial charge < -0.3 is 15.2 Å². The fourth-order valence-corrected chi connectivity index (χ4v) is 4.65. The van der Waals surface area contributed by atoms with Crippen molar-refractivity contribution in [2.45, 2.75) is 28.3 Å². The van der Waals surface area contributed by atoms with Crippen molar-refractivity contribution in [1.82, 2.24) is 0 Å². The van der Waals surface area contributed by atoms with E-state index < -0.39 is 47.8 Å². The molecular formula is C23H20F3NO7S2. The van der Waals surface area contributed by atoms with E-state index in [1.165, 1.54) is 42.5 Å². The predicted molar refractivity (Wildman–Crippen MR) is 124 cm³/mol. The van der Waals surface area contributed by atoms with Gasteiger partial charge in [0.15, 0.2) is 9.84 Å². The molecule has 0 aliphatic rings. The van der Waals surface area contributed by atoms with Gasteiger partial charge in [0.25, 0.3) is 15.7 Å². The number of nitrogens with one attached hydrogen (secondary N) is 1. The highest BCUT2D eigenvalue weighted by Gasteiger charge is 2.46. The second-order valence-corrected chi connectivity index (χ2v) is 11.6. The van der Waals surface area contributed by atoms with Crippen molar-refractivity contribution in [2.24, 2.45) is 0 Å². The normalized spacial score (nSPS) is 13.1. The van der Waals surface area contributed by atoms with Crippen LogP contribution in [0, 0.1) is 0 Å². The fourth-order valence-electron chi connectivity index (χ4n) is 3.10. The molecule has 0 bridgehead atoms. The third-order valence-electron chi connectivity index (χ3n) is 5.01. The number of benzene rings is 3. The molecule has 3 aromatic rings. The number of rotatable bonds is 7. The Labute approximate surface area is 205 Å². The molecule has 0 saturated heterocycles. The number of sulfone groups is 2. The molecule has 0 aliphatic heterocycles. The van der Waals surface area contributed by atoms with Crippen molar-refractivity contribution >= 4 is 31.3 Å². The van der Waals surface area contributed by atoms with Gasteiger partial charge in [-0.15, -0.1) is 0 Å². The minimum atomic E-state index is -5.45. The number of hydrogen-bond donors (Lipinski definition) is 2. The number of anilines is 1. The Morgan fingerprint density at radius 3 is 2.06 bits per heavy atom. The third-order valence-corrected chi connectivity index (χ3v) is 7.64. The first-order valence-corrected chi connectivity index (χ1v) is 13.5. The standard InChI is InChI=1S/C23H20F3NO7S2/c1-14(15-5-10-19(11-6-15)36(32,33)23(24,25)26)34-18-8-3-16(4-9-18)22(29)27-17-7-12-20(28)21(13-17)35(2,30)31/h3-14,28H,1-2H3,(H,27,29). The Hall–Kier alpha value is -3.58. The summed E-state index contributed by atoms with van der Waals surface area (Å²) in [6.45, 7) is 1.61. The maximum Gasteiger partial charge on any atom is 0.501 e. The van der Waals surface area contributed by atoms with Crippen LogP contribution in [0.5, 0.6) is 11.5 Å². The van der Waals surface area contributed by atoms with Gasteiger partial charge >= 0.3 is 5.51 Å². The lowest BCUT2D eigenvalue weighted by Crippen LogP contribution is -2.23. The predicted octanol–water partition coefficient (Wildman–Crippen LogP) is 4.48. The number of hydrogen-bond acceptors (Lipinski definition) is 7. The van der Waals surface area contributed by atoms with Gasteiger partial charge in [0.1, 0.15) is 22.5 Å². The second-order valence-electron chi connectivity index (χ2n) is 7.71. The number of ether oxygens (including phenoxy) is 1. The average molecular weight is 544 g/mol. The zero-order valence-electron chi connectivity index (χ0n) is 18.8. The van der Waals surface area contributed by atoms with Gasteiger partial charge in [-0.3, -0.25) is 4.79 Å². The van der Waals surface area contributed by atoms with E-state index in [2.05, 4.69) is 5.32 Å². The Morgan fingerprint density at radius 1 is 0.944 bits per heavy atom. The number of halogens is 3. The number of carbonyl (C=O) groups is 1. The van der Waals surface area contributed by atoms with Crippen LogP contribution in [-0.2, 0) is 19.7 Å². The van der Waals surface area contributed by atoms with Gasteiger partial charge in [-0.2, -0.15) is 13.2 Å². The van der Waals surface area contributed by atoms with Gasteiger partial charge in [-0.25, -0.2) is 16.8 Å². The number of phenolic OH excluding ortho intramolecular Hbond substituents is 1. The summed E-state index contributed by atoms with van der Waals surface area (Å²) < 4.78 is 90.2. The van der Waals surface area contributed by atoms with Crippen molar-refractivity contribution in [3.63, 3.8) is 0 Å². The molecule has 1 unspecified atom stereocenters. The molecule has 0 aliphatic carbocycles. The van der Waals surface area contributed by atoms with Crippen molar-refractivity contribution in [3.8, 4) is 11.5 Å². The maximum atomic E-state index is 12.7. The third kappa shape index (κ3) is 5.97. The summed E-state index contributed by atoms with van der Waals surface area (Å²) in [6, 6.07) is 13.6. The molecule has 0 aromatic heterocycles. The van der Waals surface area contributed by atoms with Crippen LogP contribution in [0.15, 0.2) is 76.5 Å². The van der Waals surface area contributed by atoms with Crippen LogP contribution in [0.25, 0.3) is 0 Å². The minimum absolute atomic E-state index is 0.156. The van der Waals surface area contributed by atoms with Gasteiger partial charge in [0, 0.05) is 17.5 Å². The maximum absolute atomic E-state index is 12.7. The highest BCUT2D eigenvalue weighted by atomic mass is 32.2. The van der Waals surface area contributed by atoms with Crippen molar-refractivity contribution in [2.75, 3.05) is 11.6 Å². The molecule has 0 heterocycles. The van der Waals surface area contributed by atoms with Crippen LogP contribution >= 0.6 is 0 Å². The molecule has 3 aromatic carbocycles. The monoisotopic (exact) mass is 543 g/mol. The average Bonchev–Trinajstić information content (AvgIpc) is 2.79. The lowest BCUT2D eigenvalue weighted by molar-refractivity contribution is -0.0436. The molecule has 2 N–H and O–H groups in total. The van der Waals surface area contributed by atoms with E-state index in [4.69, 9.17) is 4.74 Å². The largest absolute Gasteiger partial charge is 0.507 e. The first kappa shape index (κ1) is 27.0. The van der Waals surface area contributed by atoms with Gasteiger partial charge in [-0.1, -0.05) is 12.1 Å². The van der Waals surface area contributed by atoms with Crippen LogP contribution in [0.1, 0.15) is 28.9 Å². The van der Waals surface area contributed by atoms with Crippen LogP contribution in [0.3, 0.4) is 0 Å². The van der Waals surface area contributed by atoms with Crippen LogP contribution in [-0.4, -0.2) is 39.6 Å². The molecule has 13 heteroatoms. The van der Waals surface area contributed by atoms with Crippen LogP contribution in [0.2, 0.25) is 0 Å². The van der Waals surface area contributed by atoms with E-state index in [0.717, 1.165) is 30.5 Å². The number of phenols is 1. The molecule has 8 nitrogen and oxygen atoms in total. The zero-order valence-corrected chi connectivity index (χ0v) is 20.4. The minimum Gasteiger partial charge on any atom is -0.507 e. The molecule has 192 valence electrons. The van der Waals surface area contributed by atoms with Crippen molar-refractivity contribution in [3.05, 3.63) is 77.9 Å². The lowest BCUT2D eigenvalue weighted by Gasteiger charge is -2.16. The molecule has 0 spiro atoms. The summed E-state index contributed by atoms with van der Waals surface area (Å²) in [6.07, 6.45) is 0.269.